The Morgan fingerprint density at radius 3 is 1.39 bits per heavy atom. The molecule has 0 N–H and O–H groups in total. The molecule has 0 spiro atoms. The number of hydrogen-bond acceptors (Lipinski definition) is 1. The first-order chi connectivity index (χ1) is 26.8. The van der Waals surface area contributed by atoms with Gasteiger partial charge in [-0.3, -0.25) is 0 Å². The molecule has 2 heteroatoms. The molecule has 0 radical (unpaired) electrons. The number of anilines is 3. The Labute approximate surface area is 314 Å². The van der Waals surface area contributed by atoms with Gasteiger partial charge in [0.1, 0.15) is 0 Å². The Morgan fingerprint density at radius 2 is 0.778 bits per heavy atom. The topological polar surface area (TPSA) is 8.17 Å². The van der Waals surface area contributed by atoms with Gasteiger partial charge in [-0.05, 0) is 115 Å². The van der Waals surface area contributed by atoms with E-state index in [4.69, 9.17) is 0 Å². The third-order valence-corrected chi connectivity index (χ3v) is 11.2. The largest absolute Gasteiger partial charge is 0.316 e. The molecule has 252 valence electrons. The number of para-hydroxylation sites is 2. The summed E-state index contributed by atoms with van der Waals surface area (Å²) < 4.78 is 2.38. The molecule has 1 aliphatic carbocycles. The van der Waals surface area contributed by atoms with Gasteiger partial charge in [0.25, 0.3) is 0 Å². The van der Waals surface area contributed by atoms with Crippen LogP contribution in [0.4, 0.5) is 17.1 Å². The van der Waals surface area contributed by atoms with Crippen molar-refractivity contribution in [1.82, 2.24) is 4.57 Å². The lowest BCUT2D eigenvalue weighted by Gasteiger charge is -2.25. The van der Waals surface area contributed by atoms with Gasteiger partial charge in [0, 0.05) is 39.9 Å². The fraction of sp³-hybridized carbons (Fsp3) is 0. The molecule has 0 saturated heterocycles. The normalized spacial score (nSPS) is 11.7. The highest BCUT2D eigenvalue weighted by atomic mass is 15.1. The standard InChI is InChI=1S/C52H34N2/c1-3-14-38(15-4-1)54(39-16-5-2-6-17-39)40-32-28-36(29-33-40)35-26-30-37(31-27-35)53-34-48-43-20-9-12-23-46(43)51-44-21-10-7-18-41(44)42-19-8-11-22-45(42)52(51)47-24-13-25-49(53)50(47)48/h1-34H. The highest BCUT2D eigenvalue weighted by molar-refractivity contribution is 6.27. The molecule has 0 aliphatic heterocycles. The van der Waals surface area contributed by atoms with Gasteiger partial charge >= 0.3 is 0 Å². The average molecular weight is 687 g/mol. The van der Waals surface area contributed by atoms with Crippen LogP contribution in [0.2, 0.25) is 0 Å². The van der Waals surface area contributed by atoms with E-state index >= 15 is 0 Å². The van der Waals surface area contributed by atoms with E-state index in [2.05, 4.69) is 216 Å². The summed E-state index contributed by atoms with van der Waals surface area (Å²) in [6, 6.07) is 72.6. The van der Waals surface area contributed by atoms with Crippen LogP contribution < -0.4 is 4.90 Å². The maximum absolute atomic E-state index is 2.38. The zero-order valence-electron chi connectivity index (χ0n) is 29.5. The SMILES string of the molecule is c1ccc(N(c2ccccc2)c2ccc(-c3ccc(-n4cc5c6c(cccc64)-c4c(c6ccccc6c6ccccc46)-c4ccccc4-5)cc3)cc2)cc1. The quantitative estimate of drug-likeness (QED) is 0.164. The Kier molecular flexibility index (Phi) is 6.90. The van der Waals surface area contributed by atoms with E-state index in [9.17, 15) is 0 Å². The van der Waals surface area contributed by atoms with Crippen molar-refractivity contribution >= 4 is 49.5 Å². The Bertz CT molecular complexity index is 2970. The van der Waals surface area contributed by atoms with Crippen molar-refractivity contribution in [3.63, 3.8) is 0 Å². The number of hydrogen-bond donors (Lipinski definition) is 0. The highest BCUT2D eigenvalue weighted by Crippen LogP contribution is 2.53. The fourth-order valence-electron chi connectivity index (χ4n) is 8.77. The molecular weight excluding hydrogens is 653 g/mol. The van der Waals surface area contributed by atoms with E-state index in [1.54, 1.807) is 0 Å². The molecule has 0 bridgehead atoms. The van der Waals surface area contributed by atoms with Crippen LogP contribution in [0.3, 0.4) is 0 Å². The van der Waals surface area contributed by atoms with Crippen molar-refractivity contribution in [2.75, 3.05) is 4.90 Å². The predicted octanol–water partition coefficient (Wildman–Crippen LogP) is 14.4. The van der Waals surface area contributed by atoms with E-state index < -0.39 is 0 Å². The Balaban J connectivity index is 1.03. The van der Waals surface area contributed by atoms with Crippen molar-refractivity contribution in [1.29, 1.82) is 0 Å². The minimum Gasteiger partial charge on any atom is -0.316 e. The second-order valence-corrected chi connectivity index (χ2v) is 14.1. The molecule has 54 heavy (non-hydrogen) atoms. The van der Waals surface area contributed by atoms with Gasteiger partial charge in [-0.2, -0.15) is 0 Å². The fourth-order valence-corrected chi connectivity index (χ4v) is 8.77. The summed E-state index contributed by atoms with van der Waals surface area (Å²) in [5.74, 6) is 0. The summed E-state index contributed by atoms with van der Waals surface area (Å²) in [5, 5.41) is 6.47. The summed E-state index contributed by atoms with van der Waals surface area (Å²) in [6.07, 6.45) is 2.36. The summed E-state index contributed by atoms with van der Waals surface area (Å²) in [5.41, 5.74) is 15.9. The molecule has 11 rings (SSSR count). The number of fused-ring (bicyclic) bond motifs is 10. The van der Waals surface area contributed by atoms with Crippen molar-refractivity contribution in [3.05, 3.63) is 206 Å². The van der Waals surface area contributed by atoms with Crippen LogP contribution >= 0.6 is 0 Å². The highest BCUT2D eigenvalue weighted by Gasteiger charge is 2.27. The first-order valence-electron chi connectivity index (χ1n) is 18.6. The molecule has 0 amide bonds. The molecule has 2 nitrogen and oxygen atoms in total. The summed E-state index contributed by atoms with van der Waals surface area (Å²) >= 11 is 0. The monoisotopic (exact) mass is 686 g/mol. The minimum atomic E-state index is 1.12. The smallest absolute Gasteiger partial charge is 0.0541 e. The minimum absolute atomic E-state index is 1.12. The zero-order valence-corrected chi connectivity index (χ0v) is 29.5. The second-order valence-electron chi connectivity index (χ2n) is 14.1. The van der Waals surface area contributed by atoms with Crippen LogP contribution in [0.5, 0.6) is 0 Å². The third kappa shape index (κ3) is 4.67. The van der Waals surface area contributed by atoms with Gasteiger partial charge in [-0.1, -0.05) is 146 Å². The first kappa shape index (κ1) is 30.5. The van der Waals surface area contributed by atoms with Crippen LogP contribution in [0.1, 0.15) is 0 Å². The van der Waals surface area contributed by atoms with E-state index in [-0.39, 0.29) is 0 Å². The van der Waals surface area contributed by atoms with Gasteiger partial charge in [0.05, 0.1) is 5.52 Å². The second kappa shape index (κ2) is 12.2. The molecule has 0 fully saturated rings. The average Bonchev–Trinajstić information content (AvgIpc) is 3.59. The van der Waals surface area contributed by atoms with E-state index in [0.717, 1.165) is 22.7 Å². The number of benzene rings is 9. The Morgan fingerprint density at radius 1 is 0.315 bits per heavy atom. The molecule has 0 saturated carbocycles. The molecule has 0 atom stereocenters. The first-order valence-corrected chi connectivity index (χ1v) is 18.6. The maximum Gasteiger partial charge on any atom is 0.0541 e. The van der Waals surface area contributed by atoms with Crippen molar-refractivity contribution in [2.45, 2.75) is 0 Å². The lowest BCUT2D eigenvalue weighted by atomic mass is 9.85. The van der Waals surface area contributed by atoms with E-state index in [1.165, 1.54) is 77.0 Å². The zero-order chi connectivity index (χ0) is 35.6. The molecule has 0 unspecified atom stereocenters. The molecule has 1 aliphatic rings. The van der Waals surface area contributed by atoms with Crippen molar-refractivity contribution in [2.24, 2.45) is 0 Å². The van der Waals surface area contributed by atoms with E-state index in [0.29, 0.717) is 0 Å². The Hall–Kier alpha value is -7.16. The lowest BCUT2D eigenvalue weighted by Crippen LogP contribution is -2.09. The van der Waals surface area contributed by atoms with Gasteiger partial charge in [-0.15, -0.1) is 0 Å². The molecule has 10 aromatic rings. The van der Waals surface area contributed by atoms with Crippen LogP contribution in [-0.4, -0.2) is 4.57 Å². The van der Waals surface area contributed by atoms with Gasteiger partial charge in [-0.25, -0.2) is 0 Å². The van der Waals surface area contributed by atoms with Gasteiger partial charge < -0.3 is 9.47 Å². The predicted molar refractivity (Wildman–Crippen MR) is 228 cm³/mol. The van der Waals surface area contributed by atoms with Crippen LogP contribution in [0.15, 0.2) is 206 Å². The van der Waals surface area contributed by atoms with Crippen LogP contribution in [0.25, 0.3) is 82.6 Å². The number of aromatic nitrogens is 1. The van der Waals surface area contributed by atoms with Gasteiger partial charge in [0.15, 0.2) is 0 Å². The molecule has 1 heterocycles. The van der Waals surface area contributed by atoms with E-state index in [1.807, 2.05) is 0 Å². The van der Waals surface area contributed by atoms with Crippen LogP contribution in [-0.2, 0) is 0 Å². The van der Waals surface area contributed by atoms with Crippen LogP contribution in [0, 0.1) is 0 Å². The summed E-state index contributed by atoms with van der Waals surface area (Å²) in [6.45, 7) is 0. The van der Waals surface area contributed by atoms with Crippen molar-refractivity contribution < 1.29 is 0 Å². The maximum atomic E-state index is 2.38. The molecule has 9 aromatic carbocycles. The molecular formula is C52H34N2. The van der Waals surface area contributed by atoms with Gasteiger partial charge in [0.2, 0.25) is 0 Å². The third-order valence-electron chi connectivity index (χ3n) is 11.2. The number of rotatable bonds is 5. The summed E-state index contributed by atoms with van der Waals surface area (Å²) in [7, 11) is 0. The summed E-state index contributed by atoms with van der Waals surface area (Å²) in [4.78, 5) is 2.30. The number of nitrogens with zero attached hydrogens (tertiary/aromatic N) is 2. The lowest BCUT2D eigenvalue weighted by molar-refractivity contribution is 1.13. The molecule has 1 aromatic heterocycles. The van der Waals surface area contributed by atoms with Crippen molar-refractivity contribution in [3.8, 4) is 50.2 Å².